The summed E-state index contributed by atoms with van der Waals surface area (Å²) in [5, 5.41) is 1.81. The Bertz CT molecular complexity index is 591. The van der Waals surface area contributed by atoms with E-state index in [-0.39, 0.29) is 0 Å². The SMILES string of the molecule is CN(Cc1cc2ccccc2nc1Cl)CC1CCCC1. The third kappa shape index (κ3) is 3.13. The van der Waals surface area contributed by atoms with Gasteiger partial charge in [0.05, 0.1) is 5.52 Å². The number of benzene rings is 1. The van der Waals surface area contributed by atoms with E-state index < -0.39 is 0 Å². The Morgan fingerprint density at radius 3 is 2.80 bits per heavy atom. The van der Waals surface area contributed by atoms with E-state index in [1.807, 2.05) is 18.2 Å². The summed E-state index contributed by atoms with van der Waals surface area (Å²) < 4.78 is 0. The molecule has 0 bridgehead atoms. The fourth-order valence-electron chi connectivity index (χ4n) is 3.24. The summed E-state index contributed by atoms with van der Waals surface area (Å²) in [5.41, 5.74) is 2.10. The van der Waals surface area contributed by atoms with Crippen LogP contribution < -0.4 is 0 Å². The van der Waals surface area contributed by atoms with Gasteiger partial charge in [-0.05, 0) is 37.9 Å². The molecule has 106 valence electrons. The van der Waals surface area contributed by atoms with E-state index in [0.29, 0.717) is 5.15 Å². The van der Waals surface area contributed by atoms with Crippen molar-refractivity contribution in [3.05, 3.63) is 41.0 Å². The van der Waals surface area contributed by atoms with Crippen LogP contribution in [0.3, 0.4) is 0 Å². The topological polar surface area (TPSA) is 16.1 Å². The van der Waals surface area contributed by atoms with Crippen LogP contribution in [0.5, 0.6) is 0 Å². The molecule has 1 aromatic carbocycles. The summed E-state index contributed by atoms with van der Waals surface area (Å²) in [6.07, 6.45) is 5.57. The normalized spacial score (nSPS) is 16.4. The van der Waals surface area contributed by atoms with Crippen molar-refractivity contribution < 1.29 is 0 Å². The maximum Gasteiger partial charge on any atom is 0.134 e. The Kier molecular flexibility index (Phi) is 4.23. The molecule has 1 aliphatic carbocycles. The van der Waals surface area contributed by atoms with Crippen molar-refractivity contribution in [3.8, 4) is 0 Å². The minimum atomic E-state index is 0.641. The summed E-state index contributed by atoms with van der Waals surface area (Å²) in [6.45, 7) is 2.05. The second-order valence-corrected chi connectivity index (χ2v) is 6.34. The van der Waals surface area contributed by atoms with Crippen LogP contribution in [0.4, 0.5) is 0 Å². The Labute approximate surface area is 125 Å². The number of fused-ring (bicyclic) bond motifs is 1. The van der Waals surface area contributed by atoms with E-state index in [2.05, 4.69) is 29.1 Å². The lowest BCUT2D eigenvalue weighted by Gasteiger charge is -2.21. The first-order chi connectivity index (χ1) is 9.72. The molecule has 0 radical (unpaired) electrons. The molecule has 0 unspecified atom stereocenters. The molecule has 1 aromatic heterocycles. The highest BCUT2D eigenvalue weighted by atomic mass is 35.5. The molecule has 20 heavy (non-hydrogen) atoms. The summed E-state index contributed by atoms with van der Waals surface area (Å²) in [7, 11) is 2.18. The van der Waals surface area contributed by atoms with Crippen molar-refractivity contribution in [1.29, 1.82) is 0 Å². The van der Waals surface area contributed by atoms with E-state index in [9.17, 15) is 0 Å². The Hall–Kier alpha value is -1.12. The quantitative estimate of drug-likeness (QED) is 0.770. The molecule has 2 nitrogen and oxygen atoms in total. The average Bonchev–Trinajstić information content (AvgIpc) is 2.92. The highest BCUT2D eigenvalue weighted by Crippen LogP contribution is 2.26. The van der Waals surface area contributed by atoms with Crippen LogP contribution in [0, 0.1) is 5.92 Å². The van der Waals surface area contributed by atoms with E-state index in [4.69, 9.17) is 11.6 Å². The molecule has 0 atom stereocenters. The Morgan fingerprint density at radius 1 is 1.25 bits per heavy atom. The average molecular weight is 289 g/mol. The van der Waals surface area contributed by atoms with Crippen molar-refractivity contribution in [3.63, 3.8) is 0 Å². The minimum Gasteiger partial charge on any atom is -0.302 e. The summed E-state index contributed by atoms with van der Waals surface area (Å²) in [5.74, 6) is 0.868. The minimum absolute atomic E-state index is 0.641. The van der Waals surface area contributed by atoms with Crippen molar-refractivity contribution in [2.45, 2.75) is 32.2 Å². The highest BCUT2D eigenvalue weighted by molar-refractivity contribution is 6.30. The molecule has 1 saturated carbocycles. The second kappa shape index (κ2) is 6.11. The van der Waals surface area contributed by atoms with E-state index in [1.54, 1.807) is 0 Å². The van der Waals surface area contributed by atoms with Crippen molar-refractivity contribution >= 4 is 22.5 Å². The largest absolute Gasteiger partial charge is 0.302 e. The van der Waals surface area contributed by atoms with Gasteiger partial charge in [-0.1, -0.05) is 42.6 Å². The lowest BCUT2D eigenvalue weighted by molar-refractivity contribution is 0.271. The summed E-state index contributed by atoms with van der Waals surface area (Å²) in [6, 6.07) is 10.3. The number of nitrogens with zero attached hydrogens (tertiary/aromatic N) is 2. The van der Waals surface area contributed by atoms with Gasteiger partial charge in [0.25, 0.3) is 0 Å². The van der Waals surface area contributed by atoms with Crippen LogP contribution in [0.1, 0.15) is 31.2 Å². The number of hydrogen-bond donors (Lipinski definition) is 0. The van der Waals surface area contributed by atoms with Gasteiger partial charge in [-0.15, -0.1) is 0 Å². The maximum atomic E-state index is 6.33. The van der Waals surface area contributed by atoms with Gasteiger partial charge in [0.15, 0.2) is 0 Å². The van der Waals surface area contributed by atoms with Crippen molar-refractivity contribution in [2.75, 3.05) is 13.6 Å². The van der Waals surface area contributed by atoms with Crippen LogP contribution >= 0.6 is 11.6 Å². The molecular formula is C17H21ClN2. The van der Waals surface area contributed by atoms with E-state index >= 15 is 0 Å². The maximum absolute atomic E-state index is 6.33. The first kappa shape index (κ1) is 13.8. The monoisotopic (exact) mass is 288 g/mol. The third-order valence-corrected chi connectivity index (χ3v) is 4.56. The molecule has 0 saturated heterocycles. The Balaban J connectivity index is 1.74. The predicted octanol–water partition coefficient (Wildman–Crippen LogP) is 4.51. The van der Waals surface area contributed by atoms with Gasteiger partial charge in [-0.25, -0.2) is 4.98 Å². The fourth-order valence-corrected chi connectivity index (χ4v) is 3.44. The van der Waals surface area contributed by atoms with Crippen LogP contribution in [-0.2, 0) is 6.54 Å². The number of halogens is 1. The Morgan fingerprint density at radius 2 is 2.00 bits per heavy atom. The predicted molar refractivity (Wildman–Crippen MR) is 85.0 cm³/mol. The van der Waals surface area contributed by atoms with Crippen molar-refractivity contribution in [1.82, 2.24) is 9.88 Å². The molecule has 1 fully saturated rings. The molecule has 1 aliphatic rings. The molecule has 3 heteroatoms. The molecule has 0 spiro atoms. The fraction of sp³-hybridized carbons (Fsp3) is 0.471. The molecular weight excluding hydrogens is 268 g/mol. The first-order valence-corrected chi connectivity index (χ1v) is 7.83. The van der Waals surface area contributed by atoms with Gasteiger partial charge in [0, 0.05) is 24.0 Å². The smallest absolute Gasteiger partial charge is 0.134 e. The number of pyridine rings is 1. The van der Waals surface area contributed by atoms with Crippen LogP contribution in [-0.4, -0.2) is 23.5 Å². The summed E-state index contributed by atoms with van der Waals surface area (Å²) in [4.78, 5) is 6.88. The van der Waals surface area contributed by atoms with Crippen LogP contribution in [0.25, 0.3) is 10.9 Å². The standard InChI is InChI=1S/C17H21ClN2/c1-20(11-13-6-2-3-7-13)12-15-10-14-8-4-5-9-16(14)19-17(15)18/h4-5,8-10,13H,2-3,6-7,11-12H2,1H3. The number of rotatable bonds is 4. The zero-order chi connectivity index (χ0) is 13.9. The van der Waals surface area contributed by atoms with Crippen LogP contribution in [0.15, 0.2) is 30.3 Å². The molecule has 3 rings (SSSR count). The van der Waals surface area contributed by atoms with Gasteiger partial charge < -0.3 is 4.90 Å². The highest BCUT2D eigenvalue weighted by Gasteiger charge is 2.17. The van der Waals surface area contributed by atoms with Gasteiger partial charge in [-0.3, -0.25) is 0 Å². The van der Waals surface area contributed by atoms with Gasteiger partial charge >= 0.3 is 0 Å². The molecule has 2 aromatic rings. The lowest BCUT2D eigenvalue weighted by atomic mass is 10.1. The molecule has 1 heterocycles. The van der Waals surface area contributed by atoms with E-state index in [0.717, 1.165) is 23.5 Å². The lowest BCUT2D eigenvalue weighted by Crippen LogP contribution is -2.24. The zero-order valence-corrected chi connectivity index (χ0v) is 12.7. The summed E-state index contributed by atoms with van der Waals surface area (Å²) >= 11 is 6.33. The molecule has 0 amide bonds. The number of para-hydroxylation sites is 1. The van der Waals surface area contributed by atoms with Gasteiger partial charge in [0.1, 0.15) is 5.15 Å². The number of hydrogen-bond acceptors (Lipinski definition) is 2. The zero-order valence-electron chi connectivity index (χ0n) is 12.0. The second-order valence-electron chi connectivity index (χ2n) is 5.98. The van der Waals surface area contributed by atoms with Gasteiger partial charge in [-0.2, -0.15) is 0 Å². The third-order valence-electron chi connectivity index (χ3n) is 4.23. The van der Waals surface area contributed by atoms with E-state index in [1.165, 1.54) is 37.6 Å². The van der Waals surface area contributed by atoms with Gasteiger partial charge in [0.2, 0.25) is 0 Å². The molecule has 0 N–H and O–H groups in total. The first-order valence-electron chi connectivity index (χ1n) is 7.45. The molecule has 0 aliphatic heterocycles. The van der Waals surface area contributed by atoms with Crippen molar-refractivity contribution in [2.24, 2.45) is 5.92 Å². The van der Waals surface area contributed by atoms with Crippen LogP contribution in [0.2, 0.25) is 5.15 Å². The number of aromatic nitrogens is 1.